The highest BCUT2D eigenvalue weighted by molar-refractivity contribution is 5.92. The number of ether oxygens (including phenoxy) is 2. The van der Waals surface area contributed by atoms with Crippen LogP contribution in [-0.2, 0) is 54.6 Å². The zero-order chi connectivity index (χ0) is 34.6. The van der Waals surface area contributed by atoms with Crippen molar-refractivity contribution in [3.63, 3.8) is 0 Å². The number of carbonyl (C=O) groups is 4. The molecule has 2 aliphatic heterocycles. The van der Waals surface area contributed by atoms with Crippen LogP contribution in [0.4, 0.5) is 4.39 Å². The van der Waals surface area contributed by atoms with Gasteiger partial charge in [0, 0.05) is 29.0 Å². The number of aryl methyl sites for hydroxylation is 2. The van der Waals surface area contributed by atoms with Crippen LogP contribution in [-0.4, -0.2) is 62.9 Å². The molecule has 1 aromatic carbocycles. The Morgan fingerprint density at radius 3 is 2.55 bits per heavy atom. The summed E-state index contributed by atoms with van der Waals surface area (Å²) in [5, 5.41) is 21.9. The predicted octanol–water partition coefficient (Wildman–Crippen LogP) is 1.23. The Hall–Kier alpha value is -4.73. The zero-order valence-electron chi connectivity index (χ0n) is 26.4. The number of carboxylic acid groups (broad SMARTS) is 1. The molecule has 3 aromatic rings. The smallest absolute Gasteiger partial charge is 0.340 e. The van der Waals surface area contributed by atoms with Crippen molar-refractivity contribution in [1.82, 2.24) is 14.9 Å². The van der Waals surface area contributed by atoms with Crippen LogP contribution in [0.5, 0.6) is 0 Å². The number of benzene rings is 1. The number of aliphatic carboxylic acids is 1. The van der Waals surface area contributed by atoms with Crippen LogP contribution in [0, 0.1) is 12.7 Å². The fourth-order valence-corrected chi connectivity index (χ4v) is 5.88. The Labute approximate surface area is 268 Å². The van der Waals surface area contributed by atoms with E-state index in [0.29, 0.717) is 34.6 Å². The summed E-state index contributed by atoms with van der Waals surface area (Å²) in [5.74, 6) is -3.24. The Balaban J connectivity index is 0.000000239. The van der Waals surface area contributed by atoms with Crippen molar-refractivity contribution in [3.8, 4) is 11.4 Å². The van der Waals surface area contributed by atoms with Crippen LogP contribution in [0.1, 0.15) is 72.6 Å². The Morgan fingerprint density at radius 2 is 1.87 bits per heavy atom. The molecule has 2 aromatic heterocycles. The molecule has 0 saturated carbocycles. The van der Waals surface area contributed by atoms with E-state index in [9.17, 15) is 33.5 Å². The van der Waals surface area contributed by atoms with Crippen molar-refractivity contribution < 1.29 is 43.3 Å². The lowest BCUT2D eigenvalue weighted by Crippen LogP contribution is -2.42. The molecule has 6 rings (SSSR count). The number of carboxylic acids is 1. The number of pyridine rings is 2. The molecular formula is C32H38FN5O9. The molecule has 252 valence electrons. The van der Waals surface area contributed by atoms with Crippen LogP contribution in [0.3, 0.4) is 0 Å². The SMILES string of the molecule is CC.Cc1c(F)cc2nc3c(c4c2c1CCC4)Cn1c-3cc2c(c1=O)COC(=O)C2O.NC(=O)COCNC(=O)C(N)CCC(=O)O. The number of primary amides is 1. The third-order valence-electron chi connectivity index (χ3n) is 8.14. The highest BCUT2D eigenvalue weighted by atomic mass is 19.1. The summed E-state index contributed by atoms with van der Waals surface area (Å²) in [6.07, 6.45) is 0.971. The number of aliphatic hydroxyl groups excluding tert-OH is 1. The molecule has 0 spiro atoms. The number of aromatic nitrogens is 2. The summed E-state index contributed by atoms with van der Waals surface area (Å²) in [5.41, 5.74) is 16.0. The number of amides is 2. The predicted molar refractivity (Wildman–Crippen MR) is 166 cm³/mol. The van der Waals surface area contributed by atoms with Gasteiger partial charge < -0.3 is 41.0 Å². The molecule has 47 heavy (non-hydrogen) atoms. The van der Waals surface area contributed by atoms with Gasteiger partial charge in [0.05, 0.1) is 35.1 Å². The van der Waals surface area contributed by atoms with Crippen molar-refractivity contribution in [1.29, 1.82) is 0 Å². The topological polar surface area (TPSA) is 226 Å². The number of halogens is 1. The summed E-state index contributed by atoms with van der Waals surface area (Å²) >= 11 is 0. The second kappa shape index (κ2) is 14.8. The largest absolute Gasteiger partial charge is 0.481 e. The van der Waals surface area contributed by atoms with Gasteiger partial charge >= 0.3 is 11.9 Å². The first-order valence-corrected chi connectivity index (χ1v) is 15.2. The maximum atomic E-state index is 14.5. The van der Waals surface area contributed by atoms with Gasteiger partial charge in [-0.15, -0.1) is 0 Å². The maximum Gasteiger partial charge on any atom is 0.340 e. The minimum Gasteiger partial charge on any atom is -0.481 e. The summed E-state index contributed by atoms with van der Waals surface area (Å²) in [4.78, 5) is 61.2. The van der Waals surface area contributed by atoms with Crippen molar-refractivity contribution in [2.75, 3.05) is 13.3 Å². The Kier molecular flexibility index (Phi) is 11.1. The summed E-state index contributed by atoms with van der Waals surface area (Å²) in [6, 6.07) is 2.22. The minimum atomic E-state index is -1.48. The monoisotopic (exact) mass is 655 g/mol. The number of esters is 1. The van der Waals surface area contributed by atoms with Crippen molar-refractivity contribution >= 4 is 34.7 Å². The highest BCUT2D eigenvalue weighted by Crippen LogP contribution is 2.42. The molecule has 2 atom stereocenters. The lowest BCUT2D eigenvalue weighted by molar-refractivity contribution is -0.157. The number of nitrogens with one attached hydrogen (secondary N) is 1. The van der Waals surface area contributed by atoms with E-state index in [1.807, 2.05) is 13.8 Å². The molecular weight excluding hydrogens is 617 g/mol. The van der Waals surface area contributed by atoms with Gasteiger partial charge in [-0.3, -0.25) is 19.2 Å². The van der Waals surface area contributed by atoms with E-state index in [1.54, 1.807) is 17.6 Å². The number of fused-ring (bicyclic) bond motifs is 5. The Morgan fingerprint density at radius 1 is 1.17 bits per heavy atom. The fraction of sp³-hybridized carbons (Fsp3) is 0.438. The fourth-order valence-electron chi connectivity index (χ4n) is 5.88. The lowest BCUT2D eigenvalue weighted by atomic mass is 9.85. The third kappa shape index (κ3) is 7.16. The first-order chi connectivity index (χ1) is 22.4. The second-order valence-electron chi connectivity index (χ2n) is 11.0. The number of aliphatic hydroxyl groups is 1. The highest BCUT2D eigenvalue weighted by Gasteiger charge is 2.35. The molecule has 14 nitrogen and oxygen atoms in total. The quantitative estimate of drug-likeness (QED) is 0.103. The van der Waals surface area contributed by atoms with Gasteiger partial charge in [0.15, 0.2) is 6.10 Å². The van der Waals surface area contributed by atoms with Crippen LogP contribution >= 0.6 is 0 Å². The number of nitrogens with two attached hydrogens (primary N) is 2. The second-order valence-corrected chi connectivity index (χ2v) is 11.0. The third-order valence-corrected chi connectivity index (χ3v) is 8.14. The van der Waals surface area contributed by atoms with Crippen LogP contribution in [0.25, 0.3) is 22.3 Å². The van der Waals surface area contributed by atoms with Crippen LogP contribution < -0.4 is 22.3 Å². The number of rotatable bonds is 8. The van der Waals surface area contributed by atoms with E-state index in [0.717, 1.165) is 41.3 Å². The van der Waals surface area contributed by atoms with Gasteiger partial charge in [-0.2, -0.15) is 0 Å². The van der Waals surface area contributed by atoms with Crippen LogP contribution in [0.15, 0.2) is 16.9 Å². The molecule has 3 aliphatic rings. The van der Waals surface area contributed by atoms with Crippen LogP contribution in [0.2, 0.25) is 0 Å². The molecule has 4 heterocycles. The summed E-state index contributed by atoms with van der Waals surface area (Å²) in [7, 11) is 0. The zero-order valence-corrected chi connectivity index (χ0v) is 26.4. The van der Waals surface area contributed by atoms with Gasteiger partial charge in [-0.05, 0) is 55.4 Å². The molecule has 2 amide bonds. The summed E-state index contributed by atoms with van der Waals surface area (Å²) in [6.45, 7) is 5.55. The standard InChI is InChI=1S/C22H17FN2O4.C8H15N3O5.C2H6/c1-9-10-3-2-4-11-13-7-25-17(19(13)24-16(18(10)11)6-15(9)23)5-12-14(21(25)27)8-29-22(28)20(12)26;9-5(1-2-7(13)14)8(15)11-4-16-3-6(10)12;1-2/h5-6,20,26H,2-4,7-8H2,1H3;5H,1-4,9H2,(H2,10,12)(H,11,15)(H,13,14);1-2H3. The first-order valence-electron chi connectivity index (χ1n) is 15.2. The number of hydrogen-bond acceptors (Lipinski definition) is 10. The van der Waals surface area contributed by atoms with Gasteiger partial charge in [-0.1, -0.05) is 13.8 Å². The molecule has 2 unspecified atom stereocenters. The van der Waals surface area contributed by atoms with Gasteiger partial charge in [0.25, 0.3) is 5.56 Å². The van der Waals surface area contributed by atoms with E-state index < -0.39 is 35.9 Å². The average molecular weight is 656 g/mol. The van der Waals surface area contributed by atoms with Crippen molar-refractivity contribution in [2.45, 2.75) is 78.2 Å². The summed E-state index contributed by atoms with van der Waals surface area (Å²) < 4.78 is 25.7. The number of nitrogens with zero attached hydrogens (tertiary/aromatic N) is 2. The number of carbonyl (C=O) groups excluding carboxylic acids is 3. The lowest BCUT2D eigenvalue weighted by Gasteiger charge is -2.22. The maximum absolute atomic E-state index is 14.5. The molecule has 0 saturated heterocycles. The normalized spacial score (nSPS) is 15.9. The molecule has 0 radical (unpaired) electrons. The van der Waals surface area contributed by atoms with Gasteiger partial charge in [-0.25, -0.2) is 14.2 Å². The Bertz CT molecular complexity index is 1810. The molecule has 15 heteroatoms. The first kappa shape index (κ1) is 35.1. The van der Waals surface area contributed by atoms with E-state index in [4.69, 9.17) is 26.3 Å². The van der Waals surface area contributed by atoms with E-state index in [2.05, 4.69) is 10.1 Å². The van der Waals surface area contributed by atoms with Gasteiger partial charge in [0.1, 0.15) is 25.8 Å². The van der Waals surface area contributed by atoms with E-state index >= 15 is 0 Å². The molecule has 0 bridgehead atoms. The van der Waals surface area contributed by atoms with Gasteiger partial charge in [0.2, 0.25) is 11.8 Å². The molecule has 1 aliphatic carbocycles. The van der Waals surface area contributed by atoms with Crippen molar-refractivity contribution in [3.05, 3.63) is 61.7 Å². The average Bonchev–Trinajstić information content (AvgIpc) is 3.42. The van der Waals surface area contributed by atoms with E-state index in [-0.39, 0.29) is 49.7 Å². The minimum absolute atomic E-state index is 0.0387. The molecule has 0 fully saturated rings. The number of hydrogen-bond donors (Lipinski definition) is 5. The number of cyclic esters (lactones) is 1. The van der Waals surface area contributed by atoms with E-state index in [1.165, 1.54) is 6.07 Å². The molecule has 7 N–H and O–H groups in total. The van der Waals surface area contributed by atoms with Crippen molar-refractivity contribution in [2.24, 2.45) is 11.5 Å².